The van der Waals surface area contributed by atoms with Crippen LogP contribution < -0.4 is 11.3 Å². The van der Waals surface area contributed by atoms with Crippen molar-refractivity contribution in [3.63, 3.8) is 0 Å². The topological polar surface area (TPSA) is 47.3 Å². The largest absolute Gasteiger partial charge is 0.373 e. The summed E-state index contributed by atoms with van der Waals surface area (Å²) in [5.74, 6) is 5.72. The molecule has 2 rings (SSSR count). The van der Waals surface area contributed by atoms with E-state index in [-0.39, 0.29) is 12.1 Å². The highest BCUT2D eigenvalue weighted by Gasteiger charge is 2.30. The number of hydrogen-bond donors (Lipinski definition) is 2. The van der Waals surface area contributed by atoms with Gasteiger partial charge >= 0.3 is 0 Å². The van der Waals surface area contributed by atoms with Gasteiger partial charge in [-0.2, -0.15) is 0 Å². The van der Waals surface area contributed by atoms with Crippen molar-refractivity contribution in [3.05, 3.63) is 34.9 Å². The van der Waals surface area contributed by atoms with Crippen molar-refractivity contribution in [3.8, 4) is 0 Å². The summed E-state index contributed by atoms with van der Waals surface area (Å²) in [7, 11) is 0. The lowest BCUT2D eigenvalue weighted by Gasteiger charge is -2.25. The van der Waals surface area contributed by atoms with Gasteiger partial charge in [-0.05, 0) is 50.3 Å². The normalized spacial score (nSPS) is 26.1. The molecule has 3 unspecified atom stereocenters. The first kappa shape index (κ1) is 12.6. The zero-order valence-electron chi connectivity index (χ0n) is 10.9. The molecule has 0 aliphatic carbocycles. The Morgan fingerprint density at radius 2 is 2.12 bits per heavy atom. The minimum Gasteiger partial charge on any atom is -0.373 e. The van der Waals surface area contributed by atoms with E-state index in [0.29, 0.717) is 6.10 Å². The molecule has 1 aromatic rings. The highest BCUT2D eigenvalue weighted by atomic mass is 16.5. The summed E-state index contributed by atoms with van der Waals surface area (Å²) in [6.45, 7) is 6.40. The third-order valence-electron chi connectivity index (χ3n) is 3.80. The average Bonchev–Trinajstić information content (AvgIpc) is 2.72. The van der Waals surface area contributed by atoms with Crippen LogP contribution in [0.25, 0.3) is 0 Å². The van der Waals surface area contributed by atoms with Gasteiger partial charge in [-0.1, -0.05) is 18.2 Å². The molecule has 3 heteroatoms. The molecule has 94 valence electrons. The molecule has 3 N–H and O–H groups in total. The van der Waals surface area contributed by atoms with Crippen molar-refractivity contribution in [2.45, 2.75) is 51.9 Å². The molecule has 3 nitrogen and oxygen atoms in total. The standard InChI is InChI=1S/C14H22N2O/c1-9-5-4-6-12(11(9)3)14(16-15)13-8-7-10(2)17-13/h4-6,10,13-14,16H,7-8,15H2,1-3H3. The second-order valence-corrected chi connectivity index (χ2v) is 5.00. The van der Waals surface area contributed by atoms with Crippen LogP contribution in [0, 0.1) is 13.8 Å². The molecule has 1 saturated heterocycles. The zero-order chi connectivity index (χ0) is 12.4. The van der Waals surface area contributed by atoms with Gasteiger partial charge in [0.25, 0.3) is 0 Å². The summed E-state index contributed by atoms with van der Waals surface area (Å²) < 4.78 is 5.92. The average molecular weight is 234 g/mol. The lowest BCUT2D eigenvalue weighted by molar-refractivity contribution is 0.0314. The first-order chi connectivity index (χ1) is 8.13. The second-order valence-electron chi connectivity index (χ2n) is 5.00. The molecular formula is C14H22N2O. The Balaban J connectivity index is 2.26. The van der Waals surface area contributed by atoms with E-state index >= 15 is 0 Å². The molecule has 1 aromatic carbocycles. The summed E-state index contributed by atoms with van der Waals surface area (Å²) in [6.07, 6.45) is 2.73. The molecule has 1 aliphatic heterocycles. The van der Waals surface area contributed by atoms with Gasteiger partial charge in [-0.3, -0.25) is 11.3 Å². The van der Waals surface area contributed by atoms with Crippen LogP contribution in [0.1, 0.15) is 42.5 Å². The number of hydrogen-bond acceptors (Lipinski definition) is 3. The molecule has 1 aliphatic rings. The summed E-state index contributed by atoms with van der Waals surface area (Å²) in [5, 5.41) is 0. The summed E-state index contributed by atoms with van der Waals surface area (Å²) >= 11 is 0. The smallest absolute Gasteiger partial charge is 0.0787 e. The molecule has 1 heterocycles. The lowest BCUT2D eigenvalue weighted by Crippen LogP contribution is -2.37. The molecule has 0 aromatic heterocycles. The van der Waals surface area contributed by atoms with Crippen LogP contribution in [-0.2, 0) is 4.74 Å². The predicted molar refractivity (Wildman–Crippen MR) is 69.5 cm³/mol. The van der Waals surface area contributed by atoms with E-state index in [1.165, 1.54) is 16.7 Å². The molecule has 0 saturated carbocycles. The van der Waals surface area contributed by atoms with E-state index < -0.39 is 0 Å². The SMILES string of the molecule is Cc1cccc(C(NN)C2CCC(C)O2)c1C. The van der Waals surface area contributed by atoms with Gasteiger partial charge < -0.3 is 4.74 Å². The van der Waals surface area contributed by atoms with E-state index in [1.54, 1.807) is 0 Å². The molecule has 0 bridgehead atoms. The van der Waals surface area contributed by atoms with Crippen molar-refractivity contribution in [1.29, 1.82) is 0 Å². The van der Waals surface area contributed by atoms with Gasteiger partial charge in [-0.25, -0.2) is 0 Å². The number of aryl methyl sites for hydroxylation is 1. The first-order valence-electron chi connectivity index (χ1n) is 6.31. The number of nitrogens with two attached hydrogens (primary N) is 1. The molecule has 0 spiro atoms. The maximum absolute atomic E-state index is 5.92. The van der Waals surface area contributed by atoms with Crippen molar-refractivity contribution in [1.82, 2.24) is 5.43 Å². The minimum absolute atomic E-state index is 0.0971. The Kier molecular flexibility index (Phi) is 3.82. The van der Waals surface area contributed by atoms with Crippen molar-refractivity contribution >= 4 is 0 Å². The zero-order valence-corrected chi connectivity index (χ0v) is 10.9. The maximum Gasteiger partial charge on any atom is 0.0787 e. The minimum atomic E-state index is 0.0971. The fourth-order valence-electron chi connectivity index (χ4n) is 2.59. The van der Waals surface area contributed by atoms with Gasteiger partial charge in [0.15, 0.2) is 0 Å². The van der Waals surface area contributed by atoms with Crippen molar-refractivity contribution in [2.75, 3.05) is 0 Å². The molecular weight excluding hydrogens is 212 g/mol. The molecule has 1 fully saturated rings. The van der Waals surface area contributed by atoms with Crippen LogP contribution in [0.4, 0.5) is 0 Å². The first-order valence-corrected chi connectivity index (χ1v) is 6.31. The number of nitrogens with one attached hydrogen (secondary N) is 1. The number of rotatable bonds is 3. The Morgan fingerprint density at radius 1 is 1.35 bits per heavy atom. The Labute approximate surface area is 103 Å². The van der Waals surface area contributed by atoms with Crippen LogP contribution >= 0.6 is 0 Å². The molecule has 0 radical (unpaired) electrons. The quantitative estimate of drug-likeness (QED) is 0.623. The van der Waals surface area contributed by atoms with E-state index in [9.17, 15) is 0 Å². The fraction of sp³-hybridized carbons (Fsp3) is 0.571. The van der Waals surface area contributed by atoms with Gasteiger partial charge in [0.05, 0.1) is 18.2 Å². The van der Waals surface area contributed by atoms with E-state index in [2.05, 4.69) is 44.4 Å². The Bertz CT molecular complexity index is 392. The summed E-state index contributed by atoms with van der Waals surface area (Å²) in [6, 6.07) is 6.45. The monoisotopic (exact) mass is 234 g/mol. The van der Waals surface area contributed by atoms with Crippen LogP contribution in [-0.4, -0.2) is 12.2 Å². The number of benzene rings is 1. The van der Waals surface area contributed by atoms with Crippen LogP contribution in [0.15, 0.2) is 18.2 Å². The van der Waals surface area contributed by atoms with Gasteiger partial charge in [-0.15, -0.1) is 0 Å². The van der Waals surface area contributed by atoms with Crippen molar-refractivity contribution in [2.24, 2.45) is 5.84 Å². The van der Waals surface area contributed by atoms with Crippen LogP contribution in [0.3, 0.4) is 0 Å². The summed E-state index contributed by atoms with van der Waals surface area (Å²) in [4.78, 5) is 0. The van der Waals surface area contributed by atoms with E-state index in [0.717, 1.165) is 12.8 Å². The predicted octanol–water partition coefficient (Wildman–Crippen LogP) is 2.38. The summed E-state index contributed by atoms with van der Waals surface area (Å²) in [5.41, 5.74) is 6.78. The number of hydrazine groups is 1. The maximum atomic E-state index is 5.92. The van der Waals surface area contributed by atoms with Gasteiger partial charge in [0, 0.05) is 0 Å². The second kappa shape index (κ2) is 5.17. The molecule has 3 atom stereocenters. The highest BCUT2D eigenvalue weighted by Crippen LogP contribution is 2.31. The Hall–Kier alpha value is -0.900. The molecule has 17 heavy (non-hydrogen) atoms. The highest BCUT2D eigenvalue weighted by molar-refractivity contribution is 5.36. The van der Waals surface area contributed by atoms with Gasteiger partial charge in [0.2, 0.25) is 0 Å². The Morgan fingerprint density at radius 3 is 2.71 bits per heavy atom. The van der Waals surface area contributed by atoms with E-state index in [1.807, 2.05) is 0 Å². The van der Waals surface area contributed by atoms with Crippen molar-refractivity contribution < 1.29 is 4.74 Å². The van der Waals surface area contributed by atoms with Crippen LogP contribution in [0.5, 0.6) is 0 Å². The third-order valence-corrected chi connectivity index (χ3v) is 3.80. The van der Waals surface area contributed by atoms with Crippen LogP contribution in [0.2, 0.25) is 0 Å². The lowest BCUT2D eigenvalue weighted by atomic mass is 9.93. The van der Waals surface area contributed by atoms with Gasteiger partial charge in [0.1, 0.15) is 0 Å². The third kappa shape index (κ3) is 2.51. The van der Waals surface area contributed by atoms with E-state index in [4.69, 9.17) is 10.6 Å². The fourth-order valence-corrected chi connectivity index (χ4v) is 2.59. The molecule has 0 amide bonds. The number of ether oxygens (including phenoxy) is 1.